The van der Waals surface area contributed by atoms with Crippen LogP contribution < -0.4 is 9.47 Å². The van der Waals surface area contributed by atoms with Gasteiger partial charge in [-0.05, 0) is 41.5 Å². The normalized spacial score (nSPS) is 10.9. The van der Waals surface area contributed by atoms with Crippen LogP contribution in [0.25, 0.3) is 11.6 Å². The predicted molar refractivity (Wildman–Crippen MR) is 79.4 cm³/mol. The van der Waals surface area contributed by atoms with E-state index in [0.717, 1.165) is 5.56 Å². The molecule has 0 aromatic heterocycles. The minimum atomic E-state index is -0.374. The second kappa shape index (κ2) is 6.58. The van der Waals surface area contributed by atoms with Crippen LogP contribution in [-0.2, 0) is 0 Å². The molecule has 2 rings (SSSR count). The Labute approximate surface area is 122 Å². The van der Waals surface area contributed by atoms with Crippen molar-refractivity contribution in [3.63, 3.8) is 0 Å². The van der Waals surface area contributed by atoms with Crippen LogP contribution >= 0.6 is 0 Å². The van der Waals surface area contributed by atoms with E-state index < -0.39 is 0 Å². The Balaban J connectivity index is 2.43. The Kier molecular flexibility index (Phi) is 4.57. The maximum atomic E-state index is 13.2. The summed E-state index contributed by atoms with van der Waals surface area (Å²) in [5.74, 6) is 0.808. The van der Waals surface area contributed by atoms with Crippen molar-refractivity contribution in [3.05, 3.63) is 59.4 Å². The van der Waals surface area contributed by atoms with Crippen molar-refractivity contribution in [1.82, 2.24) is 0 Å². The number of hydrogen-bond acceptors (Lipinski definition) is 3. The maximum absolute atomic E-state index is 13.2. The Morgan fingerprint density at radius 1 is 1.10 bits per heavy atom. The zero-order chi connectivity index (χ0) is 15.2. The van der Waals surface area contributed by atoms with Crippen molar-refractivity contribution in [2.75, 3.05) is 14.2 Å². The molecule has 3 nitrogen and oxygen atoms in total. The van der Waals surface area contributed by atoms with Crippen LogP contribution in [0.3, 0.4) is 0 Å². The SMILES string of the molecule is COc1ccc(/C=C(/C#N)c2cccc(F)c2)cc1OC. The molecule has 0 radical (unpaired) electrons. The largest absolute Gasteiger partial charge is 0.493 e. The highest BCUT2D eigenvalue weighted by Gasteiger charge is 2.06. The number of nitrogens with zero attached hydrogens (tertiary/aromatic N) is 1. The molecule has 0 N–H and O–H groups in total. The van der Waals surface area contributed by atoms with Crippen LogP contribution in [0.5, 0.6) is 11.5 Å². The summed E-state index contributed by atoms with van der Waals surface area (Å²) < 4.78 is 23.6. The molecule has 0 saturated heterocycles. The van der Waals surface area contributed by atoms with Gasteiger partial charge in [-0.2, -0.15) is 5.26 Å². The highest BCUT2D eigenvalue weighted by Crippen LogP contribution is 2.29. The van der Waals surface area contributed by atoms with E-state index in [1.807, 2.05) is 0 Å². The van der Waals surface area contributed by atoms with Gasteiger partial charge in [0.15, 0.2) is 11.5 Å². The molecule has 0 atom stereocenters. The zero-order valence-electron chi connectivity index (χ0n) is 11.8. The second-order valence-electron chi connectivity index (χ2n) is 4.29. The molecule has 0 amide bonds. The molecule has 0 spiro atoms. The third-order valence-electron chi connectivity index (χ3n) is 2.97. The van der Waals surface area contributed by atoms with E-state index in [2.05, 4.69) is 6.07 Å². The number of nitriles is 1. The zero-order valence-corrected chi connectivity index (χ0v) is 11.8. The number of ether oxygens (including phenoxy) is 2. The van der Waals surface area contributed by atoms with E-state index >= 15 is 0 Å². The van der Waals surface area contributed by atoms with Gasteiger partial charge >= 0.3 is 0 Å². The molecule has 0 aliphatic rings. The number of hydrogen-bond donors (Lipinski definition) is 0. The Morgan fingerprint density at radius 3 is 2.48 bits per heavy atom. The first kappa shape index (κ1) is 14.6. The van der Waals surface area contributed by atoms with Gasteiger partial charge in [-0.1, -0.05) is 18.2 Å². The lowest BCUT2D eigenvalue weighted by atomic mass is 10.0. The van der Waals surface area contributed by atoms with Crippen LogP contribution in [-0.4, -0.2) is 14.2 Å². The van der Waals surface area contributed by atoms with Crippen molar-refractivity contribution >= 4 is 11.6 Å². The van der Waals surface area contributed by atoms with Gasteiger partial charge in [0.25, 0.3) is 0 Å². The first-order valence-electron chi connectivity index (χ1n) is 6.27. The predicted octanol–water partition coefficient (Wildman–Crippen LogP) is 3.91. The summed E-state index contributed by atoms with van der Waals surface area (Å²) in [6.07, 6.45) is 1.68. The molecule has 0 aliphatic carbocycles. The average molecular weight is 283 g/mol. The first-order valence-corrected chi connectivity index (χ1v) is 6.27. The standard InChI is InChI=1S/C17H14FNO2/c1-20-16-7-6-12(9-17(16)21-2)8-14(11-19)13-4-3-5-15(18)10-13/h3-10H,1-2H3/b14-8-. The third kappa shape index (κ3) is 3.40. The summed E-state index contributed by atoms with van der Waals surface area (Å²) >= 11 is 0. The van der Waals surface area contributed by atoms with Crippen LogP contribution in [0, 0.1) is 17.1 Å². The van der Waals surface area contributed by atoms with E-state index in [0.29, 0.717) is 22.6 Å². The summed E-state index contributed by atoms with van der Waals surface area (Å²) in [5, 5.41) is 9.26. The molecule has 0 unspecified atom stereocenters. The molecule has 21 heavy (non-hydrogen) atoms. The number of benzene rings is 2. The van der Waals surface area contributed by atoms with Gasteiger partial charge in [0.05, 0.1) is 25.9 Å². The van der Waals surface area contributed by atoms with Crippen molar-refractivity contribution in [3.8, 4) is 17.6 Å². The van der Waals surface area contributed by atoms with Crippen LogP contribution in [0.15, 0.2) is 42.5 Å². The van der Waals surface area contributed by atoms with E-state index in [1.54, 1.807) is 50.6 Å². The molecule has 0 saturated carbocycles. The van der Waals surface area contributed by atoms with Crippen LogP contribution in [0.4, 0.5) is 4.39 Å². The molecule has 2 aromatic rings. The van der Waals surface area contributed by atoms with E-state index in [1.165, 1.54) is 12.1 Å². The maximum Gasteiger partial charge on any atom is 0.161 e. The minimum absolute atomic E-state index is 0.374. The number of halogens is 1. The van der Waals surface area contributed by atoms with Gasteiger partial charge in [0.2, 0.25) is 0 Å². The molecule has 106 valence electrons. The second-order valence-corrected chi connectivity index (χ2v) is 4.29. The Bertz CT molecular complexity index is 717. The van der Waals surface area contributed by atoms with Gasteiger partial charge in [-0.25, -0.2) is 4.39 Å². The molecule has 4 heteroatoms. The average Bonchev–Trinajstić information content (AvgIpc) is 2.52. The molecule has 0 fully saturated rings. The minimum Gasteiger partial charge on any atom is -0.493 e. The smallest absolute Gasteiger partial charge is 0.161 e. The van der Waals surface area contributed by atoms with Gasteiger partial charge in [0.1, 0.15) is 5.82 Å². The quantitative estimate of drug-likeness (QED) is 0.631. The Morgan fingerprint density at radius 2 is 1.86 bits per heavy atom. The van der Waals surface area contributed by atoms with Crippen molar-refractivity contribution in [2.24, 2.45) is 0 Å². The lowest BCUT2D eigenvalue weighted by Crippen LogP contribution is -1.91. The van der Waals surface area contributed by atoms with Crippen molar-refractivity contribution in [2.45, 2.75) is 0 Å². The van der Waals surface area contributed by atoms with E-state index in [-0.39, 0.29) is 5.82 Å². The molecule has 0 bridgehead atoms. The number of rotatable bonds is 4. The molecular formula is C17H14FNO2. The summed E-state index contributed by atoms with van der Waals surface area (Å²) in [7, 11) is 3.10. The van der Waals surface area contributed by atoms with Gasteiger partial charge in [-0.15, -0.1) is 0 Å². The monoisotopic (exact) mass is 283 g/mol. The lowest BCUT2D eigenvalue weighted by Gasteiger charge is -2.08. The fourth-order valence-corrected chi connectivity index (χ4v) is 1.95. The summed E-state index contributed by atoms with van der Waals surface area (Å²) in [6, 6.07) is 13.3. The molecular weight excluding hydrogens is 269 g/mol. The van der Waals surface area contributed by atoms with Crippen LogP contribution in [0.2, 0.25) is 0 Å². The number of methoxy groups -OCH3 is 2. The highest BCUT2D eigenvalue weighted by molar-refractivity contribution is 5.89. The molecule has 0 heterocycles. The fraction of sp³-hybridized carbons (Fsp3) is 0.118. The lowest BCUT2D eigenvalue weighted by molar-refractivity contribution is 0.355. The number of allylic oxidation sites excluding steroid dienone is 1. The van der Waals surface area contributed by atoms with Gasteiger partial charge in [-0.3, -0.25) is 0 Å². The fourth-order valence-electron chi connectivity index (χ4n) is 1.95. The molecule has 2 aromatic carbocycles. The first-order chi connectivity index (χ1) is 10.2. The topological polar surface area (TPSA) is 42.2 Å². The van der Waals surface area contributed by atoms with Crippen LogP contribution in [0.1, 0.15) is 11.1 Å². The van der Waals surface area contributed by atoms with E-state index in [4.69, 9.17) is 9.47 Å². The summed E-state index contributed by atoms with van der Waals surface area (Å²) in [6.45, 7) is 0. The highest BCUT2D eigenvalue weighted by atomic mass is 19.1. The van der Waals surface area contributed by atoms with Crippen molar-refractivity contribution < 1.29 is 13.9 Å². The Hall–Kier alpha value is -2.80. The van der Waals surface area contributed by atoms with Gasteiger partial charge < -0.3 is 9.47 Å². The molecule has 0 aliphatic heterocycles. The summed E-state index contributed by atoms with van der Waals surface area (Å²) in [5.41, 5.74) is 1.68. The van der Waals surface area contributed by atoms with E-state index in [9.17, 15) is 9.65 Å². The van der Waals surface area contributed by atoms with Crippen molar-refractivity contribution in [1.29, 1.82) is 5.26 Å². The third-order valence-corrected chi connectivity index (χ3v) is 2.97. The van der Waals surface area contributed by atoms with Gasteiger partial charge in [0, 0.05) is 0 Å². The summed E-state index contributed by atoms with van der Waals surface area (Å²) in [4.78, 5) is 0.